The standard InChI is InChI=1S/C27H22ClFN2O4S/c1-15-25(30-27(34)35-16(2)20-5-3-4-6-22(20)28)26(36-31-15)19-10-8-18(9-11-19)21-12-7-17(13-23(21)29)14-24(32)33/h3-13,16H,14H2,1-2H3,(H,30,34)(H,32,33)/t16-/m1/s1. The topological polar surface area (TPSA) is 88.5 Å². The number of benzene rings is 3. The molecular formula is C27H22ClFN2O4S. The summed E-state index contributed by atoms with van der Waals surface area (Å²) in [6.45, 7) is 3.53. The molecule has 0 aliphatic carbocycles. The molecule has 0 fully saturated rings. The van der Waals surface area contributed by atoms with Gasteiger partial charge in [0, 0.05) is 16.1 Å². The minimum atomic E-state index is -1.02. The zero-order chi connectivity index (χ0) is 25.8. The Morgan fingerprint density at radius 3 is 2.47 bits per heavy atom. The largest absolute Gasteiger partial charge is 0.481 e. The number of hydrogen-bond acceptors (Lipinski definition) is 5. The number of rotatable bonds is 7. The van der Waals surface area contributed by atoms with Gasteiger partial charge in [-0.25, -0.2) is 9.18 Å². The van der Waals surface area contributed by atoms with E-state index >= 15 is 0 Å². The second-order valence-corrected chi connectivity index (χ2v) is 9.31. The molecule has 4 rings (SSSR count). The number of carboxylic acid groups (broad SMARTS) is 1. The SMILES string of the molecule is Cc1nsc(-c2ccc(-c3ccc(CC(=O)O)cc3F)cc2)c1NC(=O)O[C@H](C)c1ccccc1Cl. The van der Waals surface area contributed by atoms with Gasteiger partial charge in [-0.3, -0.25) is 10.1 Å². The van der Waals surface area contributed by atoms with Gasteiger partial charge in [0.1, 0.15) is 11.9 Å². The lowest BCUT2D eigenvalue weighted by Crippen LogP contribution is -2.16. The summed E-state index contributed by atoms with van der Waals surface area (Å²) in [6.07, 6.45) is -1.42. The second kappa shape index (κ2) is 10.9. The van der Waals surface area contributed by atoms with E-state index in [1.165, 1.54) is 17.6 Å². The zero-order valence-corrected chi connectivity index (χ0v) is 21.0. The summed E-state index contributed by atoms with van der Waals surface area (Å²) in [7, 11) is 0. The fourth-order valence-corrected chi connectivity index (χ4v) is 4.89. The molecular weight excluding hydrogens is 503 g/mol. The number of ether oxygens (including phenoxy) is 1. The van der Waals surface area contributed by atoms with Crippen molar-refractivity contribution in [3.63, 3.8) is 0 Å². The molecule has 0 bridgehead atoms. The molecule has 0 aliphatic heterocycles. The lowest BCUT2D eigenvalue weighted by atomic mass is 10.0. The van der Waals surface area contributed by atoms with E-state index in [9.17, 15) is 14.0 Å². The minimum Gasteiger partial charge on any atom is -0.481 e. The summed E-state index contributed by atoms with van der Waals surface area (Å²) in [5, 5.41) is 12.2. The summed E-state index contributed by atoms with van der Waals surface area (Å²) >= 11 is 7.43. The predicted octanol–water partition coefficient (Wildman–Crippen LogP) is 7.51. The van der Waals surface area contributed by atoms with Crippen molar-refractivity contribution < 1.29 is 23.8 Å². The summed E-state index contributed by atoms with van der Waals surface area (Å²) in [6, 6.07) is 18.7. The lowest BCUT2D eigenvalue weighted by molar-refractivity contribution is -0.136. The molecule has 1 aromatic heterocycles. The molecule has 6 nitrogen and oxygen atoms in total. The van der Waals surface area contributed by atoms with Gasteiger partial charge in [-0.15, -0.1) is 0 Å². The molecule has 4 aromatic rings. The molecule has 36 heavy (non-hydrogen) atoms. The predicted molar refractivity (Wildman–Crippen MR) is 139 cm³/mol. The Bertz CT molecular complexity index is 1420. The van der Waals surface area contributed by atoms with E-state index in [2.05, 4.69) is 9.69 Å². The first-order valence-corrected chi connectivity index (χ1v) is 12.2. The van der Waals surface area contributed by atoms with Crippen LogP contribution in [0.15, 0.2) is 66.7 Å². The number of anilines is 1. The molecule has 0 saturated heterocycles. The Labute approximate surface area is 216 Å². The number of nitrogens with zero attached hydrogens (tertiary/aromatic N) is 1. The number of halogens is 2. The van der Waals surface area contributed by atoms with Crippen molar-refractivity contribution >= 4 is 40.9 Å². The summed E-state index contributed by atoms with van der Waals surface area (Å²) in [4.78, 5) is 24.2. The Morgan fingerprint density at radius 1 is 1.11 bits per heavy atom. The van der Waals surface area contributed by atoms with E-state index in [1.54, 1.807) is 56.3 Å². The van der Waals surface area contributed by atoms with E-state index in [1.807, 2.05) is 18.2 Å². The maximum Gasteiger partial charge on any atom is 0.412 e. The van der Waals surface area contributed by atoms with Crippen LogP contribution < -0.4 is 5.32 Å². The van der Waals surface area contributed by atoms with Crippen LogP contribution in [0.4, 0.5) is 14.9 Å². The molecule has 0 unspecified atom stereocenters. The first-order valence-electron chi connectivity index (χ1n) is 11.0. The van der Waals surface area contributed by atoms with Gasteiger partial charge in [-0.05, 0) is 54.2 Å². The molecule has 0 saturated carbocycles. The van der Waals surface area contributed by atoms with Crippen molar-refractivity contribution in [3.05, 3.63) is 94.4 Å². The van der Waals surface area contributed by atoms with Crippen molar-refractivity contribution in [2.75, 3.05) is 5.32 Å². The molecule has 1 heterocycles. The van der Waals surface area contributed by atoms with Crippen LogP contribution in [-0.2, 0) is 16.0 Å². The van der Waals surface area contributed by atoms with Crippen LogP contribution >= 0.6 is 23.1 Å². The highest BCUT2D eigenvalue weighted by molar-refractivity contribution is 7.10. The average Bonchev–Trinajstić information content (AvgIpc) is 3.19. The van der Waals surface area contributed by atoms with Gasteiger partial charge < -0.3 is 9.84 Å². The lowest BCUT2D eigenvalue weighted by Gasteiger charge is -2.16. The van der Waals surface area contributed by atoms with Crippen LogP contribution in [-0.4, -0.2) is 21.5 Å². The highest BCUT2D eigenvalue weighted by atomic mass is 35.5. The van der Waals surface area contributed by atoms with Gasteiger partial charge in [0.15, 0.2) is 0 Å². The Morgan fingerprint density at radius 2 is 1.81 bits per heavy atom. The molecule has 1 atom stereocenters. The van der Waals surface area contributed by atoms with Crippen molar-refractivity contribution in [1.29, 1.82) is 0 Å². The summed E-state index contributed by atoms with van der Waals surface area (Å²) in [5.41, 5.74) is 4.07. The Balaban J connectivity index is 1.51. The molecule has 1 amide bonds. The normalized spacial score (nSPS) is 11.7. The number of carbonyl (C=O) groups excluding carboxylic acids is 1. The fraction of sp³-hybridized carbons (Fsp3) is 0.148. The number of aryl methyl sites for hydroxylation is 1. The van der Waals surface area contributed by atoms with Crippen molar-refractivity contribution in [2.45, 2.75) is 26.4 Å². The molecule has 0 radical (unpaired) electrons. The van der Waals surface area contributed by atoms with E-state index in [4.69, 9.17) is 21.4 Å². The molecule has 2 N–H and O–H groups in total. The van der Waals surface area contributed by atoms with Gasteiger partial charge in [0.2, 0.25) is 0 Å². The first kappa shape index (κ1) is 25.3. The van der Waals surface area contributed by atoms with Gasteiger partial charge >= 0.3 is 12.1 Å². The summed E-state index contributed by atoms with van der Waals surface area (Å²) < 4.78 is 24.5. The smallest absolute Gasteiger partial charge is 0.412 e. The monoisotopic (exact) mass is 524 g/mol. The highest BCUT2D eigenvalue weighted by Gasteiger charge is 2.19. The number of nitrogens with one attached hydrogen (secondary N) is 1. The van der Waals surface area contributed by atoms with Crippen LogP contribution in [0.3, 0.4) is 0 Å². The summed E-state index contributed by atoms with van der Waals surface area (Å²) in [5.74, 6) is -1.51. The number of carboxylic acids is 1. The van der Waals surface area contributed by atoms with Gasteiger partial charge in [0.05, 0.1) is 22.7 Å². The van der Waals surface area contributed by atoms with Gasteiger partial charge in [0.25, 0.3) is 0 Å². The fourth-order valence-electron chi connectivity index (χ4n) is 3.75. The molecule has 0 aliphatic rings. The third-order valence-electron chi connectivity index (χ3n) is 5.56. The third-order valence-corrected chi connectivity index (χ3v) is 6.90. The zero-order valence-electron chi connectivity index (χ0n) is 19.4. The number of hydrogen-bond donors (Lipinski definition) is 2. The third kappa shape index (κ3) is 5.72. The molecule has 184 valence electrons. The van der Waals surface area contributed by atoms with Crippen molar-refractivity contribution in [2.24, 2.45) is 0 Å². The molecule has 0 spiro atoms. The van der Waals surface area contributed by atoms with Crippen molar-refractivity contribution in [3.8, 4) is 21.6 Å². The van der Waals surface area contributed by atoms with Gasteiger partial charge in [-0.2, -0.15) is 4.37 Å². The van der Waals surface area contributed by atoms with Crippen LogP contribution in [0.25, 0.3) is 21.6 Å². The van der Waals surface area contributed by atoms with Crippen molar-refractivity contribution in [1.82, 2.24) is 4.37 Å². The van der Waals surface area contributed by atoms with Crippen LogP contribution in [0.5, 0.6) is 0 Å². The first-order chi connectivity index (χ1) is 17.2. The molecule has 3 aromatic carbocycles. The Hall–Kier alpha value is -3.75. The number of amides is 1. The number of aromatic nitrogens is 1. The van der Waals surface area contributed by atoms with Crippen LogP contribution in [0, 0.1) is 12.7 Å². The van der Waals surface area contributed by atoms with Crippen LogP contribution in [0.1, 0.15) is 29.8 Å². The molecule has 9 heteroatoms. The van der Waals surface area contributed by atoms with Gasteiger partial charge in [-0.1, -0.05) is 66.2 Å². The van der Waals surface area contributed by atoms with E-state index in [0.717, 1.165) is 10.4 Å². The number of aliphatic carboxylic acids is 1. The average molecular weight is 525 g/mol. The number of carbonyl (C=O) groups is 2. The maximum absolute atomic E-state index is 14.6. The van der Waals surface area contributed by atoms with E-state index < -0.39 is 24.0 Å². The highest BCUT2D eigenvalue weighted by Crippen LogP contribution is 2.36. The minimum absolute atomic E-state index is 0.240. The van der Waals surface area contributed by atoms with E-state index in [-0.39, 0.29) is 6.42 Å². The van der Waals surface area contributed by atoms with E-state index in [0.29, 0.717) is 38.7 Å². The quantitative estimate of drug-likeness (QED) is 0.261. The second-order valence-electron chi connectivity index (χ2n) is 8.13. The maximum atomic E-state index is 14.6. The Kier molecular flexibility index (Phi) is 7.67. The van der Waals surface area contributed by atoms with Crippen LogP contribution in [0.2, 0.25) is 5.02 Å².